The number of ether oxygens (including phenoxy) is 1. The zero-order valence-electron chi connectivity index (χ0n) is 17.5. The number of hydrogen-bond acceptors (Lipinski definition) is 6. The number of nitrogens with zero attached hydrogens (tertiary/aromatic N) is 4. The average molecular weight is 396 g/mol. The number of rotatable bonds is 5. The fraction of sp³-hybridized carbons (Fsp3) is 0.455. The Kier molecular flexibility index (Phi) is 6.46. The van der Waals surface area contributed by atoms with Gasteiger partial charge in [0.25, 0.3) is 5.91 Å². The molecule has 0 aliphatic carbocycles. The largest absolute Gasteiger partial charge is 0.466 e. The van der Waals surface area contributed by atoms with E-state index in [1.54, 1.807) is 18.0 Å². The summed E-state index contributed by atoms with van der Waals surface area (Å²) in [6.07, 6.45) is 2.84. The number of amides is 1. The first kappa shape index (κ1) is 20.8. The van der Waals surface area contributed by atoms with E-state index in [1.807, 2.05) is 50.2 Å². The molecule has 7 heteroatoms. The molecule has 2 aromatic rings. The Bertz CT molecular complexity index is 889. The number of anilines is 1. The second-order valence-corrected chi connectivity index (χ2v) is 7.51. The molecule has 1 saturated heterocycles. The predicted molar refractivity (Wildman–Crippen MR) is 112 cm³/mol. The SMILES string of the molecule is CCOC(=O)C1CCN(C(=O)c2cnc(-c3cccc(C)c3)nc2N(C)C)CC1. The number of hydrogen-bond donors (Lipinski definition) is 0. The molecular formula is C22H28N4O3. The normalized spacial score (nSPS) is 14.6. The minimum atomic E-state index is -0.167. The van der Waals surface area contributed by atoms with Crippen LogP contribution in [0.2, 0.25) is 0 Å². The number of aromatic nitrogens is 2. The van der Waals surface area contributed by atoms with Gasteiger partial charge in [-0.3, -0.25) is 9.59 Å². The van der Waals surface area contributed by atoms with Gasteiger partial charge in [-0.05, 0) is 32.8 Å². The highest BCUT2D eigenvalue weighted by atomic mass is 16.5. The van der Waals surface area contributed by atoms with Gasteiger partial charge < -0.3 is 14.5 Å². The Morgan fingerprint density at radius 2 is 1.97 bits per heavy atom. The molecule has 29 heavy (non-hydrogen) atoms. The smallest absolute Gasteiger partial charge is 0.309 e. The van der Waals surface area contributed by atoms with Crippen LogP contribution in [-0.4, -0.2) is 60.5 Å². The standard InChI is InChI=1S/C22H28N4O3/c1-5-29-22(28)16-9-11-26(12-10-16)21(27)18-14-23-19(24-20(18)25(3)4)17-8-6-7-15(2)13-17/h6-8,13-14,16H,5,9-12H2,1-4H3. The van der Waals surface area contributed by atoms with E-state index >= 15 is 0 Å². The molecule has 0 bridgehead atoms. The lowest BCUT2D eigenvalue weighted by molar-refractivity contribution is -0.149. The van der Waals surface area contributed by atoms with Gasteiger partial charge in [-0.25, -0.2) is 9.97 Å². The number of esters is 1. The first-order valence-electron chi connectivity index (χ1n) is 9.98. The molecule has 0 spiro atoms. The van der Waals surface area contributed by atoms with Crippen LogP contribution in [-0.2, 0) is 9.53 Å². The second-order valence-electron chi connectivity index (χ2n) is 7.51. The molecule has 3 rings (SSSR count). The van der Waals surface area contributed by atoms with Crippen molar-refractivity contribution in [2.45, 2.75) is 26.7 Å². The minimum Gasteiger partial charge on any atom is -0.466 e. The van der Waals surface area contributed by atoms with E-state index in [0.717, 1.165) is 11.1 Å². The molecule has 0 saturated carbocycles. The number of likely N-dealkylation sites (tertiary alicyclic amines) is 1. The molecule has 0 atom stereocenters. The van der Waals surface area contributed by atoms with E-state index in [0.29, 0.717) is 49.7 Å². The third kappa shape index (κ3) is 4.72. The second kappa shape index (κ2) is 9.03. The zero-order valence-corrected chi connectivity index (χ0v) is 17.5. The Labute approximate surface area is 171 Å². The van der Waals surface area contributed by atoms with Crippen LogP contribution in [0.3, 0.4) is 0 Å². The molecule has 0 N–H and O–H groups in total. The van der Waals surface area contributed by atoms with Crippen molar-refractivity contribution in [3.8, 4) is 11.4 Å². The topological polar surface area (TPSA) is 75.6 Å². The number of aryl methyl sites for hydroxylation is 1. The molecule has 1 amide bonds. The van der Waals surface area contributed by atoms with E-state index in [-0.39, 0.29) is 17.8 Å². The van der Waals surface area contributed by atoms with E-state index in [4.69, 9.17) is 4.74 Å². The molecular weight excluding hydrogens is 368 g/mol. The fourth-order valence-corrected chi connectivity index (χ4v) is 3.54. The molecule has 2 heterocycles. The average Bonchev–Trinajstić information content (AvgIpc) is 2.73. The van der Waals surface area contributed by atoms with Crippen molar-refractivity contribution in [2.75, 3.05) is 38.7 Å². The summed E-state index contributed by atoms with van der Waals surface area (Å²) in [7, 11) is 3.73. The molecule has 7 nitrogen and oxygen atoms in total. The summed E-state index contributed by atoms with van der Waals surface area (Å²) in [6.45, 7) is 5.26. The first-order chi connectivity index (χ1) is 13.9. The van der Waals surface area contributed by atoms with Crippen LogP contribution in [0.1, 0.15) is 35.7 Å². The van der Waals surface area contributed by atoms with Crippen molar-refractivity contribution in [1.82, 2.24) is 14.9 Å². The number of carbonyl (C=O) groups is 2. The third-order valence-electron chi connectivity index (χ3n) is 5.10. The van der Waals surface area contributed by atoms with Gasteiger partial charge in [0.1, 0.15) is 11.4 Å². The summed E-state index contributed by atoms with van der Waals surface area (Å²) in [5.41, 5.74) is 2.52. The van der Waals surface area contributed by atoms with Crippen LogP contribution in [0.5, 0.6) is 0 Å². The van der Waals surface area contributed by atoms with Crippen molar-refractivity contribution < 1.29 is 14.3 Å². The molecule has 1 aromatic carbocycles. The zero-order chi connectivity index (χ0) is 21.0. The van der Waals surface area contributed by atoms with Gasteiger partial charge in [0.05, 0.1) is 12.5 Å². The Balaban J connectivity index is 1.79. The third-order valence-corrected chi connectivity index (χ3v) is 5.10. The number of carbonyl (C=O) groups excluding carboxylic acids is 2. The van der Waals surface area contributed by atoms with Gasteiger partial charge in [0, 0.05) is 38.9 Å². The van der Waals surface area contributed by atoms with Crippen LogP contribution in [0.15, 0.2) is 30.5 Å². The van der Waals surface area contributed by atoms with Gasteiger partial charge in [-0.2, -0.15) is 0 Å². The maximum absolute atomic E-state index is 13.1. The lowest BCUT2D eigenvalue weighted by Gasteiger charge is -2.31. The number of piperidine rings is 1. The van der Waals surface area contributed by atoms with E-state index in [9.17, 15) is 9.59 Å². The monoisotopic (exact) mass is 396 g/mol. The predicted octanol–water partition coefficient (Wildman–Crippen LogP) is 2.93. The van der Waals surface area contributed by atoms with Crippen molar-refractivity contribution in [3.05, 3.63) is 41.6 Å². The lowest BCUT2D eigenvalue weighted by Crippen LogP contribution is -2.41. The van der Waals surface area contributed by atoms with Gasteiger partial charge >= 0.3 is 5.97 Å². The van der Waals surface area contributed by atoms with Gasteiger partial charge in [0.2, 0.25) is 0 Å². The summed E-state index contributed by atoms with van der Waals surface area (Å²) in [5, 5.41) is 0. The van der Waals surface area contributed by atoms with Crippen LogP contribution in [0.25, 0.3) is 11.4 Å². The molecule has 1 aromatic heterocycles. The lowest BCUT2D eigenvalue weighted by atomic mass is 9.96. The summed E-state index contributed by atoms with van der Waals surface area (Å²) in [6, 6.07) is 7.98. The van der Waals surface area contributed by atoms with Crippen LogP contribution in [0, 0.1) is 12.8 Å². The highest BCUT2D eigenvalue weighted by molar-refractivity contribution is 5.99. The molecule has 0 radical (unpaired) electrons. The fourth-order valence-electron chi connectivity index (χ4n) is 3.54. The van der Waals surface area contributed by atoms with Gasteiger partial charge in [0.15, 0.2) is 5.82 Å². The van der Waals surface area contributed by atoms with Crippen molar-refractivity contribution in [1.29, 1.82) is 0 Å². The summed E-state index contributed by atoms with van der Waals surface area (Å²) in [4.78, 5) is 37.8. The van der Waals surface area contributed by atoms with Crippen LogP contribution in [0.4, 0.5) is 5.82 Å². The summed E-state index contributed by atoms with van der Waals surface area (Å²) >= 11 is 0. The van der Waals surface area contributed by atoms with E-state index in [1.165, 1.54) is 0 Å². The van der Waals surface area contributed by atoms with Crippen molar-refractivity contribution >= 4 is 17.7 Å². The van der Waals surface area contributed by atoms with Gasteiger partial charge in [-0.1, -0.05) is 23.8 Å². The highest BCUT2D eigenvalue weighted by Crippen LogP contribution is 2.25. The van der Waals surface area contributed by atoms with Crippen molar-refractivity contribution in [3.63, 3.8) is 0 Å². The molecule has 1 aliphatic rings. The molecule has 1 aliphatic heterocycles. The van der Waals surface area contributed by atoms with E-state index in [2.05, 4.69) is 9.97 Å². The molecule has 0 unspecified atom stereocenters. The van der Waals surface area contributed by atoms with Crippen LogP contribution < -0.4 is 4.90 Å². The number of benzene rings is 1. The molecule has 1 fully saturated rings. The Hall–Kier alpha value is -2.96. The van der Waals surface area contributed by atoms with E-state index < -0.39 is 0 Å². The van der Waals surface area contributed by atoms with Crippen LogP contribution >= 0.6 is 0 Å². The first-order valence-corrected chi connectivity index (χ1v) is 9.98. The minimum absolute atomic E-state index is 0.105. The van der Waals surface area contributed by atoms with Crippen molar-refractivity contribution in [2.24, 2.45) is 5.92 Å². The summed E-state index contributed by atoms with van der Waals surface area (Å²) < 4.78 is 5.11. The summed E-state index contributed by atoms with van der Waals surface area (Å²) in [5.74, 6) is 0.780. The quantitative estimate of drug-likeness (QED) is 0.724. The van der Waals surface area contributed by atoms with Gasteiger partial charge in [-0.15, -0.1) is 0 Å². The maximum atomic E-state index is 13.1. The Morgan fingerprint density at radius 1 is 1.24 bits per heavy atom. The Morgan fingerprint density at radius 3 is 2.59 bits per heavy atom. The maximum Gasteiger partial charge on any atom is 0.309 e. The highest BCUT2D eigenvalue weighted by Gasteiger charge is 2.30. The molecule has 154 valence electrons.